The van der Waals surface area contributed by atoms with Crippen molar-refractivity contribution in [2.45, 2.75) is 64.6 Å². The van der Waals surface area contributed by atoms with E-state index in [2.05, 4.69) is 10.4 Å². The van der Waals surface area contributed by atoms with Crippen molar-refractivity contribution < 1.29 is 19.1 Å². The van der Waals surface area contributed by atoms with Crippen molar-refractivity contribution >= 4 is 11.9 Å². The number of nitrogens with zero attached hydrogens (tertiary/aromatic N) is 2. The van der Waals surface area contributed by atoms with E-state index in [1.807, 2.05) is 25.5 Å². The minimum absolute atomic E-state index is 0.0991. The largest absolute Gasteiger partial charge is 0.467 e. The van der Waals surface area contributed by atoms with E-state index in [4.69, 9.17) is 9.47 Å². The van der Waals surface area contributed by atoms with E-state index in [1.54, 1.807) is 6.20 Å². The van der Waals surface area contributed by atoms with E-state index in [9.17, 15) is 9.59 Å². The number of aromatic nitrogens is 2. The summed E-state index contributed by atoms with van der Waals surface area (Å²) in [4.78, 5) is 25.5. The van der Waals surface area contributed by atoms with E-state index in [0.29, 0.717) is 18.6 Å². The third-order valence-corrected chi connectivity index (χ3v) is 5.85. The van der Waals surface area contributed by atoms with Crippen molar-refractivity contribution in [2.24, 2.45) is 5.41 Å². The number of carbonyl (C=O) groups is 2. The first kappa shape index (κ1) is 17.9. The first-order valence-electron chi connectivity index (χ1n) is 8.94. The third-order valence-electron chi connectivity index (χ3n) is 5.85. The zero-order valence-corrected chi connectivity index (χ0v) is 15.4. The van der Waals surface area contributed by atoms with Crippen molar-refractivity contribution in [3.63, 3.8) is 0 Å². The molecular formula is C18H27N3O4. The molecule has 2 aliphatic rings. The van der Waals surface area contributed by atoms with Gasteiger partial charge in [-0.1, -0.05) is 13.8 Å². The fraction of sp³-hybridized carbons (Fsp3) is 0.722. The Bertz CT molecular complexity index is 682. The summed E-state index contributed by atoms with van der Waals surface area (Å²) in [6, 6.07) is 0. The molecule has 1 aromatic rings. The second kappa shape index (κ2) is 6.44. The molecule has 0 aromatic carbocycles. The van der Waals surface area contributed by atoms with Crippen LogP contribution >= 0.6 is 0 Å². The SMILES string of the molecule is CCO[C@H]1C[C@@](NC(=O)c2cnn3c2CCCC3)(C(=O)OC)C1(C)C. The van der Waals surface area contributed by atoms with Gasteiger partial charge >= 0.3 is 5.97 Å². The highest BCUT2D eigenvalue weighted by molar-refractivity contribution is 5.99. The van der Waals surface area contributed by atoms with Gasteiger partial charge < -0.3 is 14.8 Å². The zero-order valence-electron chi connectivity index (χ0n) is 15.4. The van der Waals surface area contributed by atoms with E-state index in [-0.39, 0.29) is 12.0 Å². The normalized spacial score (nSPS) is 27.1. The number of esters is 1. The Kier molecular flexibility index (Phi) is 4.62. The molecule has 7 nitrogen and oxygen atoms in total. The molecule has 2 atom stereocenters. The van der Waals surface area contributed by atoms with Gasteiger partial charge in [-0.3, -0.25) is 9.48 Å². The van der Waals surface area contributed by atoms with E-state index >= 15 is 0 Å². The minimum Gasteiger partial charge on any atom is -0.467 e. The van der Waals surface area contributed by atoms with Crippen LogP contribution in [0.3, 0.4) is 0 Å². The van der Waals surface area contributed by atoms with Crippen molar-refractivity contribution in [3.05, 3.63) is 17.5 Å². The topological polar surface area (TPSA) is 82.5 Å². The summed E-state index contributed by atoms with van der Waals surface area (Å²) >= 11 is 0. The molecule has 2 heterocycles. The van der Waals surface area contributed by atoms with Crippen LogP contribution in [0.2, 0.25) is 0 Å². The number of hydrogen-bond donors (Lipinski definition) is 1. The van der Waals surface area contributed by atoms with Crippen LogP contribution < -0.4 is 5.32 Å². The fourth-order valence-corrected chi connectivity index (χ4v) is 4.06. The van der Waals surface area contributed by atoms with Crippen molar-refractivity contribution in [1.82, 2.24) is 15.1 Å². The molecule has 1 aliphatic heterocycles. The molecule has 3 rings (SSSR count). The smallest absolute Gasteiger partial charge is 0.332 e. The molecule has 1 fully saturated rings. The van der Waals surface area contributed by atoms with E-state index in [1.165, 1.54) is 7.11 Å². The zero-order chi connectivity index (χ0) is 18.2. The molecule has 0 unspecified atom stereocenters. The average Bonchev–Trinajstić information content (AvgIpc) is 3.04. The van der Waals surface area contributed by atoms with Gasteiger partial charge in [-0.25, -0.2) is 4.79 Å². The second-order valence-electron chi connectivity index (χ2n) is 7.41. The summed E-state index contributed by atoms with van der Waals surface area (Å²) < 4.78 is 12.6. The summed E-state index contributed by atoms with van der Waals surface area (Å²) in [6.07, 6.45) is 4.87. The summed E-state index contributed by atoms with van der Waals surface area (Å²) in [5, 5.41) is 7.28. The molecule has 1 N–H and O–H groups in total. The Hall–Kier alpha value is -1.89. The third kappa shape index (κ3) is 2.65. The number of hydrogen-bond acceptors (Lipinski definition) is 5. The average molecular weight is 349 g/mol. The van der Waals surface area contributed by atoms with Crippen LogP contribution in [0.25, 0.3) is 0 Å². The Morgan fingerprint density at radius 1 is 1.40 bits per heavy atom. The number of fused-ring (bicyclic) bond motifs is 1. The summed E-state index contributed by atoms with van der Waals surface area (Å²) in [5.41, 5.74) is -0.137. The number of methoxy groups -OCH3 is 1. The molecule has 1 aliphatic carbocycles. The highest BCUT2D eigenvalue weighted by Crippen LogP contribution is 2.52. The van der Waals surface area contributed by atoms with Gasteiger partial charge in [0.05, 0.1) is 30.7 Å². The Balaban J connectivity index is 1.86. The molecule has 0 saturated heterocycles. The Labute approximate surface area is 148 Å². The molecule has 0 spiro atoms. The second-order valence-corrected chi connectivity index (χ2v) is 7.41. The van der Waals surface area contributed by atoms with Gasteiger partial charge in [-0.2, -0.15) is 5.10 Å². The molecule has 7 heteroatoms. The van der Waals surface area contributed by atoms with Crippen LogP contribution in [0.1, 0.15) is 56.1 Å². The Morgan fingerprint density at radius 2 is 2.16 bits per heavy atom. The molecular weight excluding hydrogens is 322 g/mol. The van der Waals surface area contributed by atoms with Gasteiger partial charge in [0.25, 0.3) is 5.91 Å². The van der Waals surface area contributed by atoms with Gasteiger partial charge in [0.1, 0.15) is 5.54 Å². The summed E-state index contributed by atoms with van der Waals surface area (Å²) in [5.74, 6) is -0.695. The highest BCUT2D eigenvalue weighted by Gasteiger charge is 2.67. The monoisotopic (exact) mass is 349 g/mol. The standard InChI is InChI=1S/C18H27N3O4/c1-5-25-14-10-18(16(23)24-4,17(14,2)3)20-15(22)12-11-19-21-9-7-6-8-13(12)21/h11,14H,5-10H2,1-4H3,(H,20,22)/t14-,18+/m0/s1. The van der Waals surface area contributed by atoms with Crippen LogP contribution in [0.15, 0.2) is 6.20 Å². The van der Waals surface area contributed by atoms with Crippen LogP contribution in [0.5, 0.6) is 0 Å². The Morgan fingerprint density at radius 3 is 2.80 bits per heavy atom. The number of ether oxygens (including phenoxy) is 2. The molecule has 1 saturated carbocycles. The van der Waals surface area contributed by atoms with Crippen LogP contribution in [-0.4, -0.2) is 47.0 Å². The lowest BCUT2D eigenvalue weighted by Gasteiger charge is -2.58. The maximum atomic E-state index is 12.9. The van der Waals surface area contributed by atoms with Crippen LogP contribution in [0.4, 0.5) is 0 Å². The summed E-state index contributed by atoms with van der Waals surface area (Å²) in [7, 11) is 1.35. The predicted molar refractivity (Wildman–Crippen MR) is 91.2 cm³/mol. The lowest BCUT2D eigenvalue weighted by atomic mass is 9.54. The highest BCUT2D eigenvalue weighted by atomic mass is 16.5. The number of aryl methyl sites for hydroxylation is 1. The van der Waals surface area contributed by atoms with Gasteiger partial charge in [-0.05, 0) is 26.2 Å². The van der Waals surface area contributed by atoms with Crippen molar-refractivity contribution in [3.8, 4) is 0 Å². The minimum atomic E-state index is -1.08. The molecule has 1 aromatic heterocycles. The molecule has 138 valence electrons. The van der Waals surface area contributed by atoms with Gasteiger partial charge in [0.15, 0.2) is 0 Å². The van der Waals surface area contributed by atoms with Crippen LogP contribution in [0, 0.1) is 5.41 Å². The molecule has 25 heavy (non-hydrogen) atoms. The van der Waals surface area contributed by atoms with Crippen molar-refractivity contribution in [2.75, 3.05) is 13.7 Å². The quantitative estimate of drug-likeness (QED) is 0.818. The molecule has 1 amide bonds. The first-order chi connectivity index (χ1) is 11.9. The lowest BCUT2D eigenvalue weighted by Crippen LogP contribution is -2.76. The molecule has 0 radical (unpaired) electrons. The van der Waals surface area contributed by atoms with Gasteiger partial charge in [0, 0.05) is 25.0 Å². The number of rotatable bonds is 5. The fourth-order valence-electron chi connectivity index (χ4n) is 4.06. The maximum Gasteiger partial charge on any atom is 0.332 e. The van der Waals surface area contributed by atoms with Crippen molar-refractivity contribution in [1.29, 1.82) is 0 Å². The van der Waals surface area contributed by atoms with E-state index in [0.717, 1.165) is 31.5 Å². The van der Waals surface area contributed by atoms with Gasteiger partial charge in [-0.15, -0.1) is 0 Å². The van der Waals surface area contributed by atoms with E-state index < -0.39 is 16.9 Å². The van der Waals surface area contributed by atoms with Crippen LogP contribution in [-0.2, 0) is 27.2 Å². The van der Waals surface area contributed by atoms with Gasteiger partial charge in [0.2, 0.25) is 0 Å². The predicted octanol–water partition coefficient (Wildman–Crippen LogP) is 1.70. The maximum absolute atomic E-state index is 12.9. The number of amides is 1. The molecule has 0 bridgehead atoms. The number of nitrogens with one attached hydrogen (secondary N) is 1. The lowest BCUT2D eigenvalue weighted by molar-refractivity contribution is -0.193. The number of carbonyl (C=O) groups excluding carboxylic acids is 2. The first-order valence-corrected chi connectivity index (χ1v) is 8.94. The summed E-state index contributed by atoms with van der Waals surface area (Å²) in [6.45, 7) is 7.19.